The van der Waals surface area contributed by atoms with Gasteiger partial charge in [0.25, 0.3) is 5.91 Å². The molecule has 0 aromatic rings. The molecular weight excluding hydrogens is 633 g/mol. The highest BCUT2D eigenvalue weighted by molar-refractivity contribution is 8.00. The van der Waals surface area contributed by atoms with Gasteiger partial charge in [-0.1, -0.05) is 80.7 Å². The molecule has 3 unspecified atom stereocenters. The molecule has 1 saturated heterocycles. The second-order valence-corrected chi connectivity index (χ2v) is 17.3. The Morgan fingerprint density at radius 2 is 1.62 bits per heavy atom. The summed E-state index contributed by atoms with van der Waals surface area (Å²) in [4.78, 5) is 62.6. The van der Waals surface area contributed by atoms with Crippen molar-refractivity contribution < 1.29 is 28.4 Å². The number of hydrogen-bond acceptors (Lipinski definition) is 7. The van der Waals surface area contributed by atoms with Crippen LogP contribution in [0, 0.1) is 11.3 Å². The van der Waals surface area contributed by atoms with Crippen LogP contribution in [-0.2, 0) is 24.0 Å². The van der Waals surface area contributed by atoms with Crippen LogP contribution >= 0.6 is 11.8 Å². The fourth-order valence-electron chi connectivity index (χ4n) is 5.39. The number of ketones is 1. The number of likely N-dealkylation sites (tertiary alicyclic amines) is 1. The first-order chi connectivity index (χ1) is 22.3. The summed E-state index contributed by atoms with van der Waals surface area (Å²) >= 11 is 1.84. The predicted octanol–water partition coefficient (Wildman–Crippen LogP) is 4.84. The van der Waals surface area contributed by atoms with E-state index in [9.17, 15) is 28.4 Å². The van der Waals surface area contributed by atoms with Gasteiger partial charge in [-0.3, -0.25) is 24.0 Å². The molecule has 0 aromatic heterocycles. The molecule has 0 bridgehead atoms. The van der Waals surface area contributed by atoms with Crippen molar-refractivity contribution in [2.75, 3.05) is 18.8 Å². The van der Waals surface area contributed by atoms with E-state index in [4.69, 9.17) is 5.73 Å². The van der Waals surface area contributed by atoms with E-state index in [0.29, 0.717) is 44.6 Å². The van der Waals surface area contributed by atoms with Crippen LogP contribution in [0.5, 0.6) is 0 Å². The van der Waals surface area contributed by atoms with Gasteiger partial charge in [-0.25, -0.2) is 4.39 Å². The zero-order chi connectivity index (χ0) is 36.7. The standard InChI is InChI=1S/C21H34N4O4.C12H22FNOS.C3H8/c1-5-10-23-19(28)16(26)14(12-13-8-9-13)24-18(27)15-7-6-11-25(15)20(29)17(22)21(2,3)4;1-11(2,3)16-8-12(14-9-15)6-4-10(13)5-7-12;1-3-2/h5,13-15,17H,1,6-12,22H2,2-4H3,(H,23,28)(H,24,27);9-10H,4-8H2,1-3H3,(H,14,15);3H2,1-2H3. The average Bonchev–Trinajstić information content (AvgIpc) is 3.70. The lowest BCUT2D eigenvalue weighted by atomic mass is 9.82. The topological polar surface area (TPSA) is 151 Å². The fraction of sp³-hybridized carbons (Fsp3) is 0.806. The predicted molar refractivity (Wildman–Crippen MR) is 193 cm³/mol. The maximum absolute atomic E-state index is 13.1. The molecule has 3 aliphatic rings. The number of amides is 4. The van der Waals surface area contributed by atoms with Gasteiger partial charge in [-0.2, -0.15) is 11.8 Å². The number of hydrogen-bond donors (Lipinski definition) is 4. The van der Waals surface area contributed by atoms with Gasteiger partial charge >= 0.3 is 0 Å². The Morgan fingerprint density at radius 1 is 1.04 bits per heavy atom. The molecule has 3 fully saturated rings. The van der Waals surface area contributed by atoms with Gasteiger partial charge < -0.3 is 26.6 Å². The molecule has 3 rings (SSSR count). The Balaban J connectivity index is 0.000000510. The third kappa shape index (κ3) is 15.4. The molecular formula is C36H64FN5O5S. The molecule has 10 nitrogen and oxygen atoms in total. The molecule has 0 spiro atoms. The van der Waals surface area contributed by atoms with Crippen LogP contribution < -0.4 is 21.7 Å². The molecule has 4 amide bonds. The highest BCUT2D eigenvalue weighted by Crippen LogP contribution is 2.36. The van der Waals surface area contributed by atoms with Crippen molar-refractivity contribution in [3.05, 3.63) is 12.7 Å². The SMILES string of the molecule is C=CCNC(=O)C(=O)C(CC1CC1)NC(=O)C1CCCN1C(=O)C(N)C(C)(C)C.CC(C)(C)SCC1(NC=O)CCC(F)CC1.CCC. The Morgan fingerprint density at radius 3 is 2.10 bits per heavy atom. The number of Topliss-reactive ketones (excluding diaryl/α,β-unsaturated/α-hetero) is 1. The molecule has 0 radical (unpaired) electrons. The lowest BCUT2D eigenvalue weighted by Gasteiger charge is -2.39. The molecule has 48 heavy (non-hydrogen) atoms. The summed E-state index contributed by atoms with van der Waals surface area (Å²) in [6.45, 7) is 20.5. The van der Waals surface area contributed by atoms with Gasteiger partial charge in [-0.15, -0.1) is 6.58 Å². The van der Waals surface area contributed by atoms with Crippen molar-refractivity contribution >= 4 is 41.7 Å². The smallest absolute Gasteiger partial charge is 0.289 e. The first-order valence-corrected chi connectivity index (χ1v) is 18.6. The summed E-state index contributed by atoms with van der Waals surface area (Å²) < 4.78 is 13.3. The van der Waals surface area contributed by atoms with Crippen LogP contribution in [0.15, 0.2) is 12.7 Å². The largest absolute Gasteiger partial charge is 0.352 e. The molecule has 276 valence electrons. The van der Waals surface area contributed by atoms with Crippen LogP contribution in [0.3, 0.4) is 0 Å². The Hall–Kier alpha value is -2.47. The first-order valence-electron chi connectivity index (χ1n) is 17.6. The maximum Gasteiger partial charge on any atom is 0.289 e. The summed E-state index contributed by atoms with van der Waals surface area (Å²) in [5.41, 5.74) is 5.51. The Kier molecular flexibility index (Phi) is 18.4. The van der Waals surface area contributed by atoms with E-state index in [-0.39, 0.29) is 22.7 Å². The lowest BCUT2D eigenvalue weighted by Crippen LogP contribution is -2.57. The van der Waals surface area contributed by atoms with Crippen LogP contribution in [0.4, 0.5) is 4.39 Å². The number of thioether (sulfide) groups is 1. The highest BCUT2D eigenvalue weighted by Gasteiger charge is 2.41. The Bertz CT molecular complexity index is 1060. The van der Waals surface area contributed by atoms with Crippen LogP contribution in [0.25, 0.3) is 0 Å². The Labute approximate surface area is 293 Å². The van der Waals surface area contributed by atoms with Gasteiger partial charge in [0, 0.05) is 29.1 Å². The van der Waals surface area contributed by atoms with E-state index < -0.39 is 47.3 Å². The second-order valence-electron chi connectivity index (χ2n) is 15.5. The zero-order valence-corrected chi connectivity index (χ0v) is 31.6. The molecule has 1 heterocycles. The number of carbonyl (C=O) groups is 5. The summed E-state index contributed by atoms with van der Waals surface area (Å²) in [5.74, 6) is -0.829. The molecule has 2 saturated carbocycles. The third-order valence-electron chi connectivity index (χ3n) is 8.59. The van der Waals surface area contributed by atoms with E-state index >= 15 is 0 Å². The minimum Gasteiger partial charge on any atom is -0.352 e. The van der Waals surface area contributed by atoms with Gasteiger partial charge in [0.2, 0.25) is 24.0 Å². The van der Waals surface area contributed by atoms with Crippen molar-refractivity contribution in [3.8, 4) is 0 Å². The van der Waals surface area contributed by atoms with E-state index in [0.717, 1.165) is 37.8 Å². The van der Waals surface area contributed by atoms with Gasteiger partial charge in [0.05, 0.1) is 12.1 Å². The monoisotopic (exact) mass is 697 g/mol. The number of carbonyl (C=O) groups excluding carboxylic acids is 5. The van der Waals surface area contributed by atoms with Crippen molar-refractivity contribution in [1.29, 1.82) is 0 Å². The summed E-state index contributed by atoms with van der Waals surface area (Å²) in [7, 11) is 0. The van der Waals surface area contributed by atoms with Gasteiger partial charge in [-0.05, 0) is 56.3 Å². The van der Waals surface area contributed by atoms with E-state index in [1.54, 1.807) is 0 Å². The maximum atomic E-state index is 13.1. The summed E-state index contributed by atoms with van der Waals surface area (Å²) in [6, 6.07) is -2.26. The zero-order valence-electron chi connectivity index (χ0n) is 30.8. The van der Waals surface area contributed by atoms with Crippen LogP contribution in [0.1, 0.15) is 120 Å². The number of nitrogens with two attached hydrogens (primary N) is 1. The number of nitrogens with zero attached hydrogens (tertiary/aromatic N) is 1. The molecule has 3 atom stereocenters. The van der Waals surface area contributed by atoms with E-state index in [1.807, 2.05) is 32.5 Å². The second kappa shape index (κ2) is 20.3. The van der Waals surface area contributed by atoms with Crippen molar-refractivity contribution in [1.82, 2.24) is 20.9 Å². The van der Waals surface area contributed by atoms with Crippen molar-refractivity contribution in [2.45, 2.75) is 154 Å². The molecule has 0 aromatic carbocycles. The number of halogens is 1. The number of alkyl halides is 1. The number of rotatable bonds is 13. The van der Waals surface area contributed by atoms with Crippen molar-refractivity contribution in [3.63, 3.8) is 0 Å². The third-order valence-corrected chi connectivity index (χ3v) is 10.1. The molecule has 5 N–H and O–H groups in total. The minimum absolute atomic E-state index is 0.178. The molecule has 12 heteroatoms. The van der Waals surface area contributed by atoms with E-state index in [2.05, 4.69) is 57.1 Å². The highest BCUT2D eigenvalue weighted by atomic mass is 32.2. The van der Waals surface area contributed by atoms with Crippen LogP contribution in [0.2, 0.25) is 0 Å². The fourth-order valence-corrected chi connectivity index (χ4v) is 6.48. The minimum atomic E-state index is -0.881. The van der Waals surface area contributed by atoms with E-state index in [1.165, 1.54) is 17.4 Å². The summed E-state index contributed by atoms with van der Waals surface area (Å²) in [5, 5.41) is 8.13. The van der Waals surface area contributed by atoms with Gasteiger partial charge in [0.15, 0.2) is 0 Å². The molecule has 1 aliphatic heterocycles. The average molecular weight is 698 g/mol. The van der Waals surface area contributed by atoms with Crippen molar-refractivity contribution in [2.24, 2.45) is 17.1 Å². The number of nitrogens with one attached hydrogen (secondary N) is 3. The molecule has 2 aliphatic carbocycles. The summed E-state index contributed by atoms with van der Waals surface area (Å²) in [6.07, 6.45) is 9.12. The lowest BCUT2D eigenvalue weighted by molar-refractivity contribution is -0.143. The van der Waals surface area contributed by atoms with Crippen LogP contribution in [-0.4, -0.2) is 88.2 Å². The quantitative estimate of drug-likeness (QED) is 0.122. The van der Waals surface area contributed by atoms with Gasteiger partial charge in [0.1, 0.15) is 12.2 Å². The first kappa shape index (κ1) is 43.6. The normalized spacial score (nSPS) is 23.6.